The van der Waals surface area contributed by atoms with E-state index in [0.717, 1.165) is 25.7 Å². The summed E-state index contributed by atoms with van der Waals surface area (Å²) in [5, 5.41) is 2.31. The number of halogens is 1. The Balaban J connectivity index is 1.70. The summed E-state index contributed by atoms with van der Waals surface area (Å²) in [6, 6.07) is 4.86. The predicted octanol–water partition coefficient (Wildman–Crippen LogP) is 3.05. The second kappa shape index (κ2) is 4.62. The molecule has 3 heterocycles. The van der Waals surface area contributed by atoms with Crippen molar-refractivity contribution in [3.63, 3.8) is 0 Å². The molecular weight excluding hydrogens is 254 g/mol. The summed E-state index contributed by atoms with van der Waals surface area (Å²) >= 11 is 7.89. The molecule has 2 aliphatic rings. The summed E-state index contributed by atoms with van der Waals surface area (Å²) in [5.41, 5.74) is 0. The number of fused-ring (bicyclic) bond motifs is 2. The zero-order valence-electron chi connectivity index (χ0n) is 9.64. The predicted molar refractivity (Wildman–Crippen MR) is 70.6 cm³/mol. The smallest absolute Gasteiger partial charge is 0.228 e. The highest BCUT2D eigenvalue weighted by atomic mass is 35.5. The first-order valence-corrected chi connectivity index (χ1v) is 7.53. The molecule has 2 bridgehead atoms. The van der Waals surface area contributed by atoms with Crippen LogP contribution in [0.1, 0.15) is 30.6 Å². The Labute approximate surface area is 111 Å². The van der Waals surface area contributed by atoms with Gasteiger partial charge in [0, 0.05) is 22.3 Å². The summed E-state index contributed by atoms with van der Waals surface area (Å²) in [5.74, 6) is 0.295. The highest BCUT2D eigenvalue weighted by Crippen LogP contribution is 2.38. The fourth-order valence-electron chi connectivity index (χ4n) is 3.17. The Bertz CT molecular complexity index is 392. The van der Waals surface area contributed by atoms with Gasteiger partial charge in [0.25, 0.3) is 0 Å². The van der Waals surface area contributed by atoms with Crippen molar-refractivity contribution in [3.05, 3.63) is 22.4 Å². The van der Waals surface area contributed by atoms with Gasteiger partial charge in [0.05, 0.1) is 6.42 Å². The average Bonchev–Trinajstić information content (AvgIpc) is 2.86. The zero-order valence-corrected chi connectivity index (χ0v) is 11.2. The summed E-state index contributed by atoms with van der Waals surface area (Å²) in [6.07, 6.45) is 4.81. The van der Waals surface area contributed by atoms with Crippen LogP contribution < -0.4 is 0 Å². The highest BCUT2D eigenvalue weighted by molar-refractivity contribution is 7.10. The van der Waals surface area contributed by atoms with Gasteiger partial charge in [-0.1, -0.05) is 6.07 Å². The van der Waals surface area contributed by atoms with Gasteiger partial charge >= 0.3 is 0 Å². The van der Waals surface area contributed by atoms with Crippen molar-refractivity contribution >= 4 is 28.8 Å². The Morgan fingerprint density at radius 1 is 1.41 bits per heavy atom. The SMILES string of the molecule is O=C(Cc1cccs1)N1C2CCC1CC(Cl)C2. The number of piperidine rings is 1. The van der Waals surface area contributed by atoms with Crippen molar-refractivity contribution in [1.29, 1.82) is 0 Å². The molecule has 1 aromatic heterocycles. The van der Waals surface area contributed by atoms with Gasteiger partial charge in [0.1, 0.15) is 0 Å². The number of nitrogens with zero attached hydrogens (tertiary/aromatic N) is 1. The molecule has 0 aromatic carbocycles. The summed E-state index contributed by atoms with van der Waals surface area (Å²) in [7, 11) is 0. The maximum absolute atomic E-state index is 12.3. The van der Waals surface area contributed by atoms with E-state index < -0.39 is 0 Å². The van der Waals surface area contributed by atoms with Crippen molar-refractivity contribution in [3.8, 4) is 0 Å². The van der Waals surface area contributed by atoms with Crippen LogP contribution in [-0.4, -0.2) is 28.3 Å². The summed E-state index contributed by atoms with van der Waals surface area (Å²) in [6.45, 7) is 0. The first-order chi connectivity index (χ1) is 8.24. The fraction of sp³-hybridized carbons (Fsp3) is 0.615. The molecule has 2 unspecified atom stereocenters. The molecule has 2 atom stereocenters. The van der Waals surface area contributed by atoms with Crippen molar-refractivity contribution in [2.45, 2.75) is 49.6 Å². The van der Waals surface area contributed by atoms with E-state index in [2.05, 4.69) is 4.90 Å². The number of carbonyl (C=O) groups excluding carboxylic acids is 1. The van der Waals surface area contributed by atoms with E-state index in [0.29, 0.717) is 24.4 Å². The van der Waals surface area contributed by atoms with Gasteiger partial charge in [0.2, 0.25) is 5.91 Å². The minimum atomic E-state index is 0.276. The molecule has 1 amide bonds. The molecule has 3 rings (SSSR count). The number of rotatable bonds is 2. The third-order valence-electron chi connectivity index (χ3n) is 3.87. The highest BCUT2D eigenvalue weighted by Gasteiger charge is 2.42. The molecule has 2 saturated heterocycles. The molecule has 0 spiro atoms. The van der Waals surface area contributed by atoms with Crippen LogP contribution in [0.3, 0.4) is 0 Å². The van der Waals surface area contributed by atoms with Gasteiger partial charge < -0.3 is 4.90 Å². The van der Waals surface area contributed by atoms with E-state index in [9.17, 15) is 4.79 Å². The summed E-state index contributed by atoms with van der Waals surface area (Å²) < 4.78 is 0. The fourth-order valence-corrected chi connectivity index (χ4v) is 4.28. The largest absolute Gasteiger partial charge is 0.336 e. The van der Waals surface area contributed by atoms with Crippen LogP contribution in [-0.2, 0) is 11.2 Å². The Morgan fingerprint density at radius 2 is 2.12 bits per heavy atom. The quantitative estimate of drug-likeness (QED) is 0.756. The van der Waals surface area contributed by atoms with E-state index >= 15 is 0 Å². The molecule has 2 fully saturated rings. The van der Waals surface area contributed by atoms with Crippen LogP contribution in [0.25, 0.3) is 0 Å². The molecular formula is C13H16ClNOS. The van der Waals surface area contributed by atoms with Crippen molar-refractivity contribution in [2.75, 3.05) is 0 Å². The lowest BCUT2D eigenvalue weighted by atomic mass is 10.0. The van der Waals surface area contributed by atoms with Gasteiger partial charge in [-0.15, -0.1) is 22.9 Å². The first kappa shape index (κ1) is 11.5. The van der Waals surface area contributed by atoms with Crippen molar-refractivity contribution in [2.24, 2.45) is 0 Å². The second-order valence-electron chi connectivity index (χ2n) is 5.01. The van der Waals surface area contributed by atoms with Crippen molar-refractivity contribution in [1.82, 2.24) is 4.90 Å². The minimum absolute atomic E-state index is 0.276. The summed E-state index contributed by atoms with van der Waals surface area (Å²) in [4.78, 5) is 15.6. The lowest BCUT2D eigenvalue weighted by Gasteiger charge is -2.37. The number of hydrogen-bond acceptors (Lipinski definition) is 2. The van der Waals surface area contributed by atoms with Crippen molar-refractivity contribution < 1.29 is 4.79 Å². The molecule has 2 aliphatic heterocycles. The number of hydrogen-bond donors (Lipinski definition) is 0. The number of carbonyl (C=O) groups is 1. The molecule has 17 heavy (non-hydrogen) atoms. The lowest BCUT2D eigenvalue weighted by Crippen LogP contribution is -2.47. The lowest BCUT2D eigenvalue weighted by molar-refractivity contribution is -0.134. The minimum Gasteiger partial charge on any atom is -0.336 e. The van der Waals surface area contributed by atoms with E-state index in [1.807, 2.05) is 17.5 Å². The van der Waals surface area contributed by atoms with Crippen LogP contribution in [0.15, 0.2) is 17.5 Å². The third-order valence-corrected chi connectivity index (χ3v) is 5.10. The van der Waals surface area contributed by atoms with Gasteiger partial charge in [-0.3, -0.25) is 4.79 Å². The maximum Gasteiger partial charge on any atom is 0.228 e. The van der Waals surface area contributed by atoms with Crippen LogP contribution in [0, 0.1) is 0 Å². The van der Waals surface area contributed by atoms with Crippen LogP contribution in [0.5, 0.6) is 0 Å². The third kappa shape index (κ3) is 2.23. The van der Waals surface area contributed by atoms with E-state index in [1.54, 1.807) is 11.3 Å². The number of thiophene rings is 1. The Hall–Kier alpha value is -0.540. The number of amides is 1. The maximum atomic E-state index is 12.3. The Kier molecular flexibility index (Phi) is 3.14. The second-order valence-corrected chi connectivity index (χ2v) is 6.66. The van der Waals surface area contributed by atoms with Gasteiger partial charge in [-0.05, 0) is 37.1 Å². The molecule has 2 nitrogen and oxygen atoms in total. The standard InChI is InChI=1S/C13H16ClNOS/c14-9-6-10-3-4-11(7-9)15(10)13(16)8-12-2-1-5-17-12/h1-2,5,9-11H,3-4,6-8H2. The molecule has 92 valence electrons. The first-order valence-electron chi connectivity index (χ1n) is 6.21. The van der Waals surface area contributed by atoms with Gasteiger partial charge in [-0.2, -0.15) is 0 Å². The van der Waals surface area contributed by atoms with Crippen LogP contribution in [0.4, 0.5) is 0 Å². The molecule has 0 saturated carbocycles. The monoisotopic (exact) mass is 269 g/mol. The van der Waals surface area contributed by atoms with E-state index in [4.69, 9.17) is 11.6 Å². The van der Waals surface area contributed by atoms with E-state index in [-0.39, 0.29) is 5.38 Å². The van der Waals surface area contributed by atoms with Crippen LogP contribution >= 0.6 is 22.9 Å². The zero-order chi connectivity index (χ0) is 11.8. The van der Waals surface area contributed by atoms with E-state index in [1.165, 1.54) is 4.88 Å². The number of alkyl halides is 1. The van der Waals surface area contributed by atoms with Gasteiger partial charge in [-0.25, -0.2) is 0 Å². The molecule has 0 radical (unpaired) electrons. The molecule has 1 aromatic rings. The normalized spacial score (nSPS) is 31.8. The molecule has 0 N–H and O–H groups in total. The molecule has 4 heteroatoms. The Morgan fingerprint density at radius 3 is 2.71 bits per heavy atom. The van der Waals surface area contributed by atoms with Gasteiger partial charge in [0.15, 0.2) is 0 Å². The topological polar surface area (TPSA) is 20.3 Å². The molecule has 0 aliphatic carbocycles. The van der Waals surface area contributed by atoms with Crippen LogP contribution in [0.2, 0.25) is 0 Å². The average molecular weight is 270 g/mol.